The summed E-state index contributed by atoms with van der Waals surface area (Å²) in [6.45, 7) is 11.6. The van der Waals surface area contributed by atoms with Crippen LogP contribution in [-0.4, -0.2) is 31.3 Å². The molecule has 4 heteroatoms. The van der Waals surface area contributed by atoms with Gasteiger partial charge in [-0.25, -0.2) is 4.31 Å². The number of nitrogens with zero attached hydrogens (tertiary/aromatic N) is 1. The van der Waals surface area contributed by atoms with Gasteiger partial charge in [-0.2, -0.15) is 0 Å². The van der Waals surface area contributed by atoms with Crippen LogP contribution in [0.4, 0.5) is 0 Å². The molecule has 0 bridgehead atoms. The van der Waals surface area contributed by atoms with Gasteiger partial charge in [0.05, 0.1) is 14.2 Å². The normalized spacial score (nSPS) is 11.2. The van der Waals surface area contributed by atoms with E-state index in [9.17, 15) is 0 Å². The molecule has 134 valence electrons. The molecule has 0 heterocycles. The first-order valence-electron chi connectivity index (χ1n) is 8.11. The predicted octanol–water partition coefficient (Wildman–Crippen LogP) is 5.46. The van der Waals surface area contributed by atoms with Crippen molar-refractivity contribution in [1.82, 2.24) is 4.31 Å². The standard InChI is InChI=1S/C18H25NO2S.C2H6/c1-6-16(8-7-15(2)20-3)13-19(22-5)14-17-9-11-18(21-4)12-10-17;1-2/h6-12H,2,13-14H2,1,3-5H3;1-2H3/b8-7-,16-6+;. The maximum atomic E-state index is 5.19. The third-order valence-electron chi connectivity index (χ3n) is 3.25. The van der Waals surface area contributed by atoms with E-state index in [0.29, 0.717) is 5.76 Å². The molecule has 0 aliphatic carbocycles. The van der Waals surface area contributed by atoms with Crippen molar-refractivity contribution < 1.29 is 9.47 Å². The highest BCUT2D eigenvalue weighted by atomic mass is 32.2. The Morgan fingerprint density at radius 2 is 1.79 bits per heavy atom. The Morgan fingerprint density at radius 1 is 1.17 bits per heavy atom. The molecule has 1 aromatic rings. The van der Waals surface area contributed by atoms with Crippen molar-refractivity contribution in [3.05, 3.63) is 66.0 Å². The minimum atomic E-state index is 0.658. The number of hydrogen-bond acceptors (Lipinski definition) is 4. The van der Waals surface area contributed by atoms with Gasteiger partial charge in [-0.15, -0.1) is 0 Å². The van der Waals surface area contributed by atoms with Crippen LogP contribution in [0, 0.1) is 0 Å². The monoisotopic (exact) mass is 349 g/mol. The zero-order chi connectivity index (χ0) is 18.4. The van der Waals surface area contributed by atoms with Crippen molar-refractivity contribution >= 4 is 11.9 Å². The largest absolute Gasteiger partial charge is 0.497 e. The molecule has 24 heavy (non-hydrogen) atoms. The first-order chi connectivity index (χ1) is 11.6. The van der Waals surface area contributed by atoms with Crippen LogP contribution in [0.5, 0.6) is 5.75 Å². The number of methoxy groups -OCH3 is 2. The summed E-state index contributed by atoms with van der Waals surface area (Å²) in [5, 5.41) is 0. The molecule has 0 fully saturated rings. The van der Waals surface area contributed by atoms with Crippen LogP contribution in [0.1, 0.15) is 26.3 Å². The molecule has 0 N–H and O–H groups in total. The Hall–Kier alpha value is -1.65. The minimum absolute atomic E-state index is 0.658. The first kappa shape index (κ1) is 22.4. The number of allylic oxidation sites excluding steroid dienone is 2. The average molecular weight is 350 g/mol. The lowest BCUT2D eigenvalue weighted by Crippen LogP contribution is -2.17. The van der Waals surface area contributed by atoms with Gasteiger partial charge >= 0.3 is 0 Å². The molecule has 0 radical (unpaired) electrons. The third-order valence-corrected chi connectivity index (χ3v) is 4.03. The predicted molar refractivity (Wildman–Crippen MR) is 107 cm³/mol. The van der Waals surface area contributed by atoms with E-state index in [-0.39, 0.29) is 0 Å². The Morgan fingerprint density at radius 3 is 2.25 bits per heavy atom. The molecule has 0 saturated carbocycles. The minimum Gasteiger partial charge on any atom is -0.497 e. The summed E-state index contributed by atoms with van der Waals surface area (Å²) >= 11 is 1.73. The molecular weight excluding hydrogens is 318 g/mol. The fraction of sp³-hybridized carbons (Fsp3) is 0.400. The summed E-state index contributed by atoms with van der Waals surface area (Å²) in [6, 6.07) is 8.18. The molecule has 0 atom stereocenters. The average Bonchev–Trinajstić information content (AvgIpc) is 2.65. The molecular formula is C20H31NO2S. The van der Waals surface area contributed by atoms with Crippen molar-refractivity contribution in [2.45, 2.75) is 27.3 Å². The number of benzene rings is 1. The van der Waals surface area contributed by atoms with E-state index in [1.165, 1.54) is 11.1 Å². The summed E-state index contributed by atoms with van der Waals surface area (Å²) < 4.78 is 12.5. The molecule has 0 aliphatic heterocycles. The van der Waals surface area contributed by atoms with Gasteiger partial charge in [0, 0.05) is 13.1 Å². The topological polar surface area (TPSA) is 21.7 Å². The van der Waals surface area contributed by atoms with Gasteiger partial charge < -0.3 is 9.47 Å². The fourth-order valence-corrected chi connectivity index (χ4v) is 2.39. The van der Waals surface area contributed by atoms with Crippen LogP contribution in [0.25, 0.3) is 0 Å². The summed E-state index contributed by atoms with van der Waals surface area (Å²) in [7, 11) is 3.31. The number of ether oxygens (including phenoxy) is 2. The summed E-state index contributed by atoms with van der Waals surface area (Å²) in [5.74, 6) is 1.54. The van der Waals surface area contributed by atoms with E-state index in [2.05, 4.69) is 35.3 Å². The van der Waals surface area contributed by atoms with Crippen LogP contribution in [0.15, 0.2) is 60.4 Å². The summed E-state index contributed by atoms with van der Waals surface area (Å²) in [5.41, 5.74) is 2.48. The van der Waals surface area contributed by atoms with Gasteiger partial charge in [0.15, 0.2) is 0 Å². The first-order valence-corrected chi connectivity index (χ1v) is 9.29. The lowest BCUT2D eigenvalue weighted by atomic mass is 10.2. The summed E-state index contributed by atoms with van der Waals surface area (Å²) in [6.07, 6.45) is 8.13. The second kappa shape index (κ2) is 13.8. The van der Waals surface area contributed by atoms with Crippen LogP contribution in [-0.2, 0) is 11.3 Å². The molecule has 0 aliphatic rings. The molecule has 0 amide bonds. The highest BCUT2D eigenvalue weighted by molar-refractivity contribution is 7.96. The van der Waals surface area contributed by atoms with Crippen molar-refractivity contribution in [2.24, 2.45) is 0 Å². The smallest absolute Gasteiger partial charge is 0.118 e. The summed E-state index contributed by atoms with van der Waals surface area (Å²) in [4.78, 5) is 0. The van der Waals surface area contributed by atoms with Crippen LogP contribution in [0.3, 0.4) is 0 Å². The van der Waals surface area contributed by atoms with Gasteiger partial charge in [-0.3, -0.25) is 0 Å². The van der Waals surface area contributed by atoms with E-state index < -0.39 is 0 Å². The van der Waals surface area contributed by atoms with Crippen molar-refractivity contribution in [3.8, 4) is 5.75 Å². The maximum Gasteiger partial charge on any atom is 0.118 e. The quantitative estimate of drug-likeness (QED) is 0.335. The highest BCUT2D eigenvalue weighted by Gasteiger charge is 2.06. The van der Waals surface area contributed by atoms with Crippen molar-refractivity contribution in [1.29, 1.82) is 0 Å². The highest BCUT2D eigenvalue weighted by Crippen LogP contribution is 2.18. The van der Waals surface area contributed by atoms with E-state index in [1.807, 2.05) is 45.1 Å². The van der Waals surface area contributed by atoms with Gasteiger partial charge in [-0.05, 0) is 42.5 Å². The fourth-order valence-electron chi connectivity index (χ4n) is 1.83. The zero-order valence-corrected chi connectivity index (χ0v) is 16.7. The maximum absolute atomic E-state index is 5.19. The Kier molecular flexibility index (Phi) is 12.8. The second-order valence-electron chi connectivity index (χ2n) is 4.70. The van der Waals surface area contributed by atoms with E-state index >= 15 is 0 Å². The van der Waals surface area contributed by atoms with Crippen molar-refractivity contribution in [3.63, 3.8) is 0 Å². The van der Waals surface area contributed by atoms with Gasteiger partial charge in [0.2, 0.25) is 0 Å². The Labute approximate surface area is 152 Å². The molecule has 0 saturated heterocycles. The van der Waals surface area contributed by atoms with Gasteiger partial charge in [-0.1, -0.05) is 56.7 Å². The zero-order valence-electron chi connectivity index (χ0n) is 15.8. The van der Waals surface area contributed by atoms with Crippen LogP contribution in [0.2, 0.25) is 0 Å². The molecule has 1 rings (SSSR count). The third kappa shape index (κ3) is 8.85. The second-order valence-corrected chi connectivity index (χ2v) is 5.58. The van der Waals surface area contributed by atoms with E-state index in [1.54, 1.807) is 26.2 Å². The Balaban J connectivity index is 0.00000254. The van der Waals surface area contributed by atoms with Gasteiger partial charge in [0.25, 0.3) is 0 Å². The number of rotatable bonds is 9. The van der Waals surface area contributed by atoms with Crippen LogP contribution < -0.4 is 4.74 Å². The molecule has 0 aromatic heterocycles. The molecule has 0 unspecified atom stereocenters. The SMILES string of the molecule is C=C(/C=C\C(=C/C)CN(Cc1ccc(OC)cc1)SC)OC.CC. The van der Waals surface area contributed by atoms with Crippen LogP contribution >= 0.6 is 11.9 Å². The molecule has 0 spiro atoms. The van der Waals surface area contributed by atoms with E-state index in [4.69, 9.17) is 9.47 Å². The van der Waals surface area contributed by atoms with Gasteiger partial charge in [0.1, 0.15) is 11.5 Å². The van der Waals surface area contributed by atoms with E-state index in [0.717, 1.165) is 18.8 Å². The number of hydrogen-bond donors (Lipinski definition) is 0. The lowest BCUT2D eigenvalue weighted by molar-refractivity contribution is 0.309. The van der Waals surface area contributed by atoms with Crippen molar-refractivity contribution in [2.75, 3.05) is 27.0 Å². The Bertz CT molecular complexity index is 521. The molecule has 3 nitrogen and oxygen atoms in total. The molecule has 1 aromatic carbocycles. The lowest BCUT2D eigenvalue weighted by Gasteiger charge is -2.20.